The Morgan fingerprint density at radius 1 is 0.881 bits per heavy atom. The normalized spacial score (nSPS) is 14.1. The Balaban J connectivity index is 0.00000353. The minimum absolute atomic E-state index is 0. The third-order valence-electron chi connectivity index (χ3n) is 6.77. The zero-order valence-electron chi connectivity index (χ0n) is 22.2. The van der Waals surface area contributed by atoms with Gasteiger partial charge < -0.3 is 29.1 Å². The smallest absolute Gasteiger partial charge is 0.336 e. The van der Waals surface area contributed by atoms with Gasteiger partial charge in [0.15, 0.2) is 6.54 Å². The third kappa shape index (κ3) is 6.46. The molecular weight excluding hydrogens is 679 g/mol. The molecule has 6 rings (SSSR count). The Morgan fingerprint density at radius 3 is 2.26 bits per heavy atom. The quantitative estimate of drug-likeness (QED) is 0.120. The van der Waals surface area contributed by atoms with Crippen molar-refractivity contribution in [2.45, 2.75) is 6.54 Å². The number of hydrogen-bond donors (Lipinski definition) is 1. The van der Waals surface area contributed by atoms with Gasteiger partial charge in [0.2, 0.25) is 16.4 Å². The summed E-state index contributed by atoms with van der Waals surface area (Å²) in [5.41, 5.74) is 6.24. The van der Waals surface area contributed by atoms with Crippen molar-refractivity contribution in [2.75, 3.05) is 5.75 Å². The molecule has 1 aliphatic rings. The molecule has 1 aliphatic heterocycles. The standard InChI is InChI=1S/C33H23ClN4O2S.HI/c34-25-17-15-24(16-18-25)31-19-27(32(39)40)26-13-7-8-14-30(26)38(31)20-28(22-9-3-1-4-10-22)36-37-33-35-29(21-41-33)23-11-5-2-6-12-23;/h1-19H,20-21H2;1H/b36-28-,37-33-;. The van der Waals surface area contributed by atoms with Crippen molar-refractivity contribution in [1.82, 2.24) is 0 Å². The minimum atomic E-state index is -0.989. The summed E-state index contributed by atoms with van der Waals surface area (Å²) in [6, 6.07) is 36.6. The minimum Gasteiger partial charge on any atom is -1.00 e. The molecule has 2 heterocycles. The Labute approximate surface area is 269 Å². The van der Waals surface area contributed by atoms with Crippen molar-refractivity contribution in [3.05, 3.63) is 137 Å². The van der Waals surface area contributed by atoms with Crippen molar-refractivity contribution < 1.29 is 38.4 Å². The highest BCUT2D eigenvalue weighted by Gasteiger charge is 2.26. The van der Waals surface area contributed by atoms with E-state index in [1.807, 2.05) is 97.1 Å². The van der Waals surface area contributed by atoms with E-state index in [0.29, 0.717) is 22.1 Å². The number of carboxylic acid groups (broad SMARTS) is 1. The fraction of sp³-hybridized carbons (Fsp3) is 0.0606. The van der Waals surface area contributed by atoms with Crippen molar-refractivity contribution in [3.63, 3.8) is 0 Å². The summed E-state index contributed by atoms with van der Waals surface area (Å²) >= 11 is 7.74. The number of pyridine rings is 1. The molecule has 0 saturated heterocycles. The number of carboxylic acids is 1. The summed E-state index contributed by atoms with van der Waals surface area (Å²) in [6.45, 7) is 0.346. The Kier molecular flexibility index (Phi) is 9.46. The molecule has 1 aromatic heterocycles. The fourth-order valence-electron chi connectivity index (χ4n) is 4.77. The van der Waals surface area contributed by atoms with Gasteiger partial charge in [0.25, 0.3) is 0 Å². The number of aliphatic imine (C=N–C) groups is 1. The number of benzene rings is 4. The van der Waals surface area contributed by atoms with E-state index in [2.05, 4.69) is 9.67 Å². The molecule has 0 amide bonds. The number of hydrogen-bond acceptors (Lipinski definition) is 4. The number of amidine groups is 1. The third-order valence-corrected chi connectivity index (χ3v) is 7.87. The lowest BCUT2D eigenvalue weighted by Crippen LogP contribution is -3.00. The number of aromatic nitrogens is 1. The molecule has 0 saturated carbocycles. The zero-order chi connectivity index (χ0) is 28.2. The van der Waals surface area contributed by atoms with Crippen molar-refractivity contribution in [3.8, 4) is 11.3 Å². The van der Waals surface area contributed by atoms with E-state index in [1.165, 1.54) is 0 Å². The van der Waals surface area contributed by atoms with Crippen LogP contribution in [0.4, 0.5) is 0 Å². The maximum atomic E-state index is 12.3. The van der Waals surface area contributed by atoms with Crippen molar-refractivity contribution >= 4 is 56.8 Å². The molecule has 9 heteroatoms. The lowest BCUT2D eigenvalue weighted by atomic mass is 10.0. The second-order valence-electron chi connectivity index (χ2n) is 9.37. The number of nitrogens with zero attached hydrogens (tertiary/aromatic N) is 4. The number of fused-ring (bicyclic) bond motifs is 1. The highest BCUT2D eigenvalue weighted by molar-refractivity contribution is 8.15. The van der Waals surface area contributed by atoms with E-state index >= 15 is 0 Å². The predicted octanol–water partition coefficient (Wildman–Crippen LogP) is 4.15. The summed E-state index contributed by atoms with van der Waals surface area (Å²) in [6.07, 6.45) is 0. The highest BCUT2D eigenvalue weighted by Crippen LogP contribution is 2.26. The Morgan fingerprint density at radius 2 is 1.55 bits per heavy atom. The lowest BCUT2D eigenvalue weighted by Gasteiger charge is -2.11. The molecule has 42 heavy (non-hydrogen) atoms. The number of carbonyl (C=O) groups is 1. The monoisotopic (exact) mass is 702 g/mol. The summed E-state index contributed by atoms with van der Waals surface area (Å²) in [7, 11) is 0. The van der Waals surface area contributed by atoms with Crippen LogP contribution >= 0.6 is 23.4 Å². The molecule has 208 valence electrons. The maximum Gasteiger partial charge on any atom is 0.336 e. The number of para-hydroxylation sites is 1. The molecule has 4 aromatic carbocycles. The van der Waals surface area contributed by atoms with Crippen LogP contribution in [0.1, 0.15) is 21.5 Å². The largest absolute Gasteiger partial charge is 1.00 e. The van der Waals surface area contributed by atoms with Gasteiger partial charge in [0, 0.05) is 34.0 Å². The Bertz CT molecular complexity index is 1840. The van der Waals surface area contributed by atoms with Crippen LogP contribution in [0.5, 0.6) is 0 Å². The van der Waals surface area contributed by atoms with Gasteiger partial charge in [-0.3, -0.25) is 0 Å². The summed E-state index contributed by atoms with van der Waals surface area (Å²) in [5, 5.41) is 21.2. The van der Waals surface area contributed by atoms with Crippen LogP contribution in [-0.2, 0) is 6.54 Å². The first-order valence-electron chi connectivity index (χ1n) is 13.0. The van der Waals surface area contributed by atoms with E-state index in [4.69, 9.17) is 21.7 Å². The summed E-state index contributed by atoms with van der Waals surface area (Å²) in [5.74, 6) is -0.257. The van der Waals surface area contributed by atoms with Gasteiger partial charge in [0.1, 0.15) is 5.71 Å². The van der Waals surface area contributed by atoms with E-state index in [-0.39, 0.29) is 29.5 Å². The predicted molar refractivity (Wildman–Crippen MR) is 167 cm³/mol. The topological polar surface area (TPSA) is 78.3 Å². The van der Waals surface area contributed by atoms with E-state index in [1.54, 1.807) is 30.0 Å². The molecule has 0 fully saturated rings. The van der Waals surface area contributed by atoms with Gasteiger partial charge in [-0.2, -0.15) is 4.57 Å². The number of halogens is 2. The molecule has 0 atom stereocenters. The first kappa shape index (κ1) is 29.6. The average Bonchev–Trinajstić information content (AvgIpc) is 3.49. The molecule has 0 bridgehead atoms. The second-order valence-corrected chi connectivity index (χ2v) is 10.7. The Hall–Kier alpha value is -3.86. The van der Waals surface area contributed by atoms with Gasteiger partial charge in [0.05, 0.1) is 16.7 Å². The van der Waals surface area contributed by atoms with E-state index in [9.17, 15) is 9.90 Å². The van der Waals surface area contributed by atoms with Crippen LogP contribution in [0, 0.1) is 0 Å². The molecule has 0 unspecified atom stereocenters. The van der Waals surface area contributed by atoms with Gasteiger partial charge in [-0.15, -0.1) is 10.2 Å². The zero-order valence-corrected chi connectivity index (χ0v) is 25.9. The van der Waals surface area contributed by atoms with Crippen molar-refractivity contribution in [2.24, 2.45) is 15.2 Å². The molecule has 0 aliphatic carbocycles. The van der Waals surface area contributed by atoms with Gasteiger partial charge >= 0.3 is 5.97 Å². The van der Waals surface area contributed by atoms with Crippen LogP contribution in [0.2, 0.25) is 5.02 Å². The van der Waals surface area contributed by atoms with E-state index < -0.39 is 5.97 Å². The van der Waals surface area contributed by atoms with Crippen LogP contribution in [0.25, 0.3) is 22.2 Å². The van der Waals surface area contributed by atoms with Gasteiger partial charge in [-0.05, 0) is 35.9 Å². The van der Waals surface area contributed by atoms with Crippen LogP contribution < -0.4 is 28.5 Å². The van der Waals surface area contributed by atoms with E-state index in [0.717, 1.165) is 45.1 Å². The average molecular weight is 703 g/mol. The fourth-order valence-corrected chi connectivity index (χ4v) is 5.67. The number of aromatic carboxylic acids is 1. The van der Waals surface area contributed by atoms with Crippen LogP contribution in [0.3, 0.4) is 0 Å². The van der Waals surface area contributed by atoms with Gasteiger partial charge in [-0.25, -0.2) is 9.79 Å². The summed E-state index contributed by atoms with van der Waals surface area (Å²) in [4.78, 5) is 17.0. The molecule has 0 radical (unpaired) electrons. The van der Waals surface area contributed by atoms with Crippen molar-refractivity contribution in [1.29, 1.82) is 0 Å². The lowest BCUT2D eigenvalue weighted by molar-refractivity contribution is -0.644. The summed E-state index contributed by atoms with van der Waals surface area (Å²) < 4.78 is 2.08. The van der Waals surface area contributed by atoms with Gasteiger partial charge in [-0.1, -0.05) is 96.2 Å². The van der Waals surface area contributed by atoms with Crippen LogP contribution in [-0.4, -0.2) is 33.4 Å². The first-order valence-corrected chi connectivity index (χ1v) is 14.3. The molecule has 1 N–H and O–H groups in total. The molecule has 6 nitrogen and oxygen atoms in total. The molecule has 5 aromatic rings. The highest BCUT2D eigenvalue weighted by atomic mass is 127. The van der Waals surface area contributed by atoms with Crippen LogP contribution in [0.15, 0.2) is 130 Å². The number of rotatable bonds is 7. The molecular formula is C33H24ClIN4O2S. The molecule has 0 spiro atoms. The first-order chi connectivity index (χ1) is 20.1. The number of thioether (sulfide) groups is 1. The second kappa shape index (κ2) is 13.4. The maximum absolute atomic E-state index is 12.3. The SMILES string of the molecule is O=C(O)c1cc(-c2ccc(Cl)cc2)[n+](C/C(=N/N=C2/N=C(c3ccccc3)CS2)c2ccccc2)c2ccccc12.[I-].